The zero-order valence-electron chi connectivity index (χ0n) is 7.00. The lowest BCUT2D eigenvalue weighted by molar-refractivity contribution is 0.436. The average molecular weight is 274 g/mol. The summed E-state index contributed by atoms with van der Waals surface area (Å²) in [5.41, 5.74) is 6.28. The number of benzene rings is 1. The molecular formula is C9H6BrClN2O. The first-order valence-corrected chi connectivity index (χ1v) is 5.01. The molecule has 2 N–H and O–H groups in total. The highest BCUT2D eigenvalue weighted by Crippen LogP contribution is 2.28. The van der Waals surface area contributed by atoms with Crippen LogP contribution >= 0.6 is 27.5 Å². The summed E-state index contributed by atoms with van der Waals surface area (Å²) in [6.45, 7) is 0. The van der Waals surface area contributed by atoms with E-state index in [2.05, 4.69) is 21.1 Å². The maximum Gasteiger partial charge on any atom is 0.169 e. The Hall–Kier alpha value is -1.00. The van der Waals surface area contributed by atoms with Crippen LogP contribution in [0.5, 0.6) is 0 Å². The lowest BCUT2D eigenvalue weighted by Crippen LogP contribution is -1.80. The van der Waals surface area contributed by atoms with Crippen LogP contribution in [-0.4, -0.2) is 5.16 Å². The molecule has 14 heavy (non-hydrogen) atoms. The van der Waals surface area contributed by atoms with Crippen molar-refractivity contribution in [3.63, 3.8) is 0 Å². The summed E-state index contributed by atoms with van der Waals surface area (Å²) in [5.74, 6) is 0.960. The normalized spacial score (nSPS) is 10.4. The third kappa shape index (κ3) is 1.91. The Labute approximate surface area is 94.0 Å². The Bertz CT molecular complexity index is 449. The van der Waals surface area contributed by atoms with Crippen LogP contribution in [0.25, 0.3) is 11.3 Å². The number of halogens is 2. The van der Waals surface area contributed by atoms with Gasteiger partial charge in [-0.3, -0.25) is 0 Å². The highest BCUT2D eigenvalue weighted by Gasteiger charge is 2.06. The van der Waals surface area contributed by atoms with Gasteiger partial charge in [0.2, 0.25) is 0 Å². The van der Waals surface area contributed by atoms with Gasteiger partial charge in [0, 0.05) is 21.1 Å². The number of anilines is 1. The largest absolute Gasteiger partial charge is 0.381 e. The molecule has 0 bridgehead atoms. The first kappa shape index (κ1) is 9.55. The van der Waals surface area contributed by atoms with Crippen molar-refractivity contribution in [2.75, 3.05) is 5.73 Å². The van der Waals surface area contributed by atoms with Gasteiger partial charge in [0.1, 0.15) is 0 Å². The van der Waals surface area contributed by atoms with E-state index in [1.165, 1.54) is 0 Å². The van der Waals surface area contributed by atoms with Crippen molar-refractivity contribution < 1.29 is 4.52 Å². The number of nitrogens with zero attached hydrogens (tertiary/aromatic N) is 1. The molecule has 0 atom stereocenters. The second-order valence-corrected chi connectivity index (χ2v) is 4.13. The molecule has 0 aliphatic rings. The lowest BCUT2D eigenvalue weighted by Gasteiger charge is -1.97. The van der Waals surface area contributed by atoms with Gasteiger partial charge in [0.15, 0.2) is 11.6 Å². The average Bonchev–Trinajstić information content (AvgIpc) is 2.50. The van der Waals surface area contributed by atoms with Crippen LogP contribution in [-0.2, 0) is 0 Å². The van der Waals surface area contributed by atoms with E-state index in [1.807, 2.05) is 6.07 Å². The van der Waals surface area contributed by atoms with Gasteiger partial charge in [0.25, 0.3) is 0 Å². The van der Waals surface area contributed by atoms with Crippen molar-refractivity contribution in [3.8, 4) is 11.3 Å². The Morgan fingerprint density at radius 1 is 1.29 bits per heavy atom. The molecular weight excluding hydrogens is 267 g/mol. The van der Waals surface area contributed by atoms with E-state index in [0.29, 0.717) is 16.6 Å². The zero-order chi connectivity index (χ0) is 10.1. The SMILES string of the molecule is Nc1cc(-c2cc(Cl)cc(Br)c2)on1. The van der Waals surface area contributed by atoms with Crippen LogP contribution in [0.15, 0.2) is 33.3 Å². The first-order chi connectivity index (χ1) is 6.65. The van der Waals surface area contributed by atoms with Crippen LogP contribution in [0.4, 0.5) is 5.82 Å². The molecule has 2 aromatic rings. The summed E-state index contributed by atoms with van der Waals surface area (Å²) in [6, 6.07) is 7.11. The van der Waals surface area contributed by atoms with Gasteiger partial charge in [-0.05, 0) is 18.2 Å². The van der Waals surface area contributed by atoms with E-state index in [4.69, 9.17) is 21.9 Å². The third-order valence-electron chi connectivity index (χ3n) is 1.68. The van der Waals surface area contributed by atoms with Crippen molar-refractivity contribution in [2.45, 2.75) is 0 Å². The molecule has 1 aromatic heterocycles. The van der Waals surface area contributed by atoms with E-state index < -0.39 is 0 Å². The van der Waals surface area contributed by atoms with Crippen molar-refractivity contribution in [1.29, 1.82) is 0 Å². The Morgan fingerprint density at radius 2 is 2.07 bits per heavy atom. The Balaban J connectivity index is 2.51. The molecule has 1 heterocycles. The van der Waals surface area contributed by atoms with Crippen molar-refractivity contribution in [3.05, 3.63) is 33.8 Å². The van der Waals surface area contributed by atoms with Gasteiger partial charge in [0.05, 0.1) is 0 Å². The number of rotatable bonds is 1. The number of hydrogen-bond donors (Lipinski definition) is 1. The van der Waals surface area contributed by atoms with Gasteiger partial charge < -0.3 is 10.3 Å². The van der Waals surface area contributed by atoms with E-state index in [9.17, 15) is 0 Å². The van der Waals surface area contributed by atoms with E-state index in [0.717, 1.165) is 10.0 Å². The van der Waals surface area contributed by atoms with Crippen LogP contribution in [0.1, 0.15) is 0 Å². The monoisotopic (exact) mass is 272 g/mol. The minimum atomic E-state index is 0.357. The maximum atomic E-state index is 5.88. The predicted molar refractivity (Wildman–Crippen MR) is 59.1 cm³/mol. The minimum Gasteiger partial charge on any atom is -0.381 e. The Kier molecular flexibility index (Phi) is 2.48. The smallest absolute Gasteiger partial charge is 0.169 e. The molecule has 0 unspecified atom stereocenters. The quantitative estimate of drug-likeness (QED) is 0.867. The molecule has 72 valence electrons. The summed E-state index contributed by atoms with van der Waals surface area (Å²) >= 11 is 9.22. The van der Waals surface area contributed by atoms with Gasteiger partial charge in [-0.25, -0.2) is 0 Å². The van der Waals surface area contributed by atoms with Gasteiger partial charge in [-0.1, -0.05) is 32.7 Å². The Morgan fingerprint density at radius 3 is 2.64 bits per heavy atom. The van der Waals surface area contributed by atoms with E-state index >= 15 is 0 Å². The molecule has 5 heteroatoms. The molecule has 0 aliphatic heterocycles. The van der Waals surface area contributed by atoms with Crippen LogP contribution in [0.2, 0.25) is 5.02 Å². The van der Waals surface area contributed by atoms with Crippen molar-refractivity contribution in [2.24, 2.45) is 0 Å². The number of nitrogens with two attached hydrogens (primary N) is 1. The number of hydrogen-bond acceptors (Lipinski definition) is 3. The molecule has 3 nitrogen and oxygen atoms in total. The van der Waals surface area contributed by atoms with Crippen LogP contribution in [0.3, 0.4) is 0 Å². The predicted octanol–water partition coefficient (Wildman–Crippen LogP) is 3.34. The molecule has 0 saturated heterocycles. The van der Waals surface area contributed by atoms with Crippen molar-refractivity contribution >= 4 is 33.3 Å². The summed E-state index contributed by atoms with van der Waals surface area (Å²) < 4.78 is 5.89. The fraction of sp³-hybridized carbons (Fsp3) is 0. The summed E-state index contributed by atoms with van der Waals surface area (Å²) in [4.78, 5) is 0. The molecule has 0 aliphatic carbocycles. The highest BCUT2D eigenvalue weighted by atomic mass is 79.9. The molecule has 1 aromatic carbocycles. The molecule has 0 spiro atoms. The fourth-order valence-corrected chi connectivity index (χ4v) is 1.98. The molecule has 0 fully saturated rings. The molecule has 2 rings (SSSR count). The number of aromatic nitrogens is 1. The third-order valence-corrected chi connectivity index (χ3v) is 2.35. The topological polar surface area (TPSA) is 52.0 Å². The summed E-state index contributed by atoms with van der Waals surface area (Å²) in [7, 11) is 0. The standard InChI is InChI=1S/C9H6BrClN2O/c10-6-1-5(2-7(11)3-6)8-4-9(12)13-14-8/h1-4H,(H2,12,13). The minimum absolute atomic E-state index is 0.357. The fourth-order valence-electron chi connectivity index (χ4n) is 1.12. The van der Waals surface area contributed by atoms with Gasteiger partial charge in [-0.15, -0.1) is 0 Å². The summed E-state index contributed by atoms with van der Waals surface area (Å²) in [6.07, 6.45) is 0. The van der Waals surface area contributed by atoms with E-state index in [1.54, 1.807) is 18.2 Å². The van der Waals surface area contributed by atoms with E-state index in [-0.39, 0.29) is 0 Å². The van der Waals surface area contributed by atoms with Gasteiger partial charge >= 0.3 is 0 Å². The number of nitrogen functional groups attached to an aromatic ring is 1. The molecule has 0 saturated carbocycles. The second-order valence-electron chi connectivity index (χ2n) is 2.77. The highest BCUT2D eigenvalue weighted by molar-refractivity contribution is 9.10. The molecule has 0 amide bonds. The van der Waals surface area contributed by atoms with Crippen molar-refractivity contribution in [1.82, 2.24) is 5.16 Å². The first-order valence-electron chi connectivity index (χ1n) is 3.84. The second kappa shape index (κ2) is 3.63. The summed E-state index contributed by atoms with van der Waals surface area (Å²) in [5, 5.41) is 4.23. The van der Waals surface area contributed by atoms with Crippen LogP contribution in [0, 0.1) is 0 Å². The zero-order valence-corrected chi connectivity index (χ0v) is 9.34. The molecule has 0 radical (unpaired) electrons. The van der Waals surface area contributed by atoms with Crippen LogP contribution < -0.4 is 5.73 Å². The lowest BCUT2D eigenvalue weighted by atomic mass is 10.2. The van der Waals surface area contributed by atoms with Gasteiger partial charge in [-0.2, -0.15) is 0 Å². The maximum absolute atomic E-state index is 5.88.